The number of hydrogen-bond acceptors (Lipinski definition) is 1. The highest BCUT2D eigenvalue weighted by Gasteiger charge is 2.41. The van der Waals surface area contributed by atoms with Crippen molar-refractivity contribution in [1.29, 1.82) is 0 Å². The van der Waals surface area contributed by atoms with Gasteiger partial charge in [-0.3, -0.25) is 0 Å². The molecule has 1 aromatic carbocycles. The molecule has 0 unspecified atom stereocenters. The van der Waals surface area contributed by atoms with Crippen molar-refractivity contribution in [2.75, 3.05) is 5.88 Å². The number of nitrogens with one attached hydrogen (secondary N) is 1. The van der Waals surface area contributed by atoms with E-state index in [0.717, 1.165) is 18.9 Å². The van der Waals surface area contributed by atoms with E-state index in [4.69, 9.17) is 11.6 Å². The van der Waals surface area contributed by atoms with Crippen molar-refractivity contribution in [3.63, 3.8) is 0 Å². The highest BCUT2D eigenvalue weighted by molar-refractivity contribution is 6.18. The van der Waals surface area contributed by atoms with Gasteiger partial charge in [0, 0.05) is 18.0 Å². The zero-order valence-corrected chi connectivity index (χ0v) is 9.91. The molecule has 1 aliphatic carbocycles. The van der Waals surface area contributed by atoms with E-state index in [2.05, 4.69) is 5.32 Å². The van der Waals surface area contributed by atoms with Gasteiger partial charge in [0.25, 0.3) is 0 Å². The van der Waals surface area contributed by atoms with Gasteiger partial charge < -0.3 is 5.32 Å². The molecule has 1 saturated carbocycles. The van der Waals surface area contributed by atoms with E-state index in [1.165, 1.54) is 12.1 Å². The molecule has 1 aliphatic rings. The summed E-state index contributed by atoms with van der Waals surface area (Å²) in [5.74, 6) is 0.506. The Balaban J connectivity index is 2.02. The molecule has 0 amide bonds. The maximum absolute atomic E-state index is 12.5. The first-order chi connectivity index (χ1) is 7.95. The van der Waals surface area contributed by atoms with Crippen molar-refractivity contribution < 1.29 is 13.2 Å². The third kappa shape index (κ3) is 3.13. The van der Waals surface area contributed by atoms with Gasteiger partial charge in [-0.05, 0) is 24.5 Å². The predicted molar refractivity (Wildman–Crippen MR) is 61.0 cm³/mol. The molecule has 94 valence electrons. The second kappa shape index (κ2) is 4.50. The zero-order valence-electron chi connectivity index (χ0n) is 9.15. The van der Waals surface area contributed by atoms with Crippen LogP contribution in [0.3, 0.4) is 0 Å². The van der Waals surface area contributed by atoms with Crippen LogP contribution in [0.15, 0.2) is 24.3 Å². The molecule has 1 N–H and O–H groups in total. The van der Waals surface area contributed by atoms with E-state index < -0.39 is 11.7 Å². The van der Waals surface area contributed by atoms with E-state index in [9.17, 15) is 13.2 Å². The number of rotatable bonds is 4. The quantitative estimate of drug-likeness (QED) is 0.819. The van der Waals surface area contributed by atoms with Gasteiger partial charge in [0.1, 0.15) is 0 Å². The molecule has 1 aromatic rings. The van der Waals surface area contributed by atoms with Crippen molar-refractivity contribution in [2.45, 2.75) is 31.1 Å². The van der Waals surface area contributed by atoms with Gasteiger partial charge in [0.05, 0.1) is 5.56 Å². The van der Waals surface area contributed by atoms with E-state index >= 15 is 0 Å². The fourth-order valence-corrected chi connectivity index (χ4v) is 2.02. The summed E-state index contributed by atoms with van der Waals surface area (Å²) in [4.78, 5) is 0. The number of alkyl halides is 4. The molecular formula is C12H13ClF3N. The van der Waals surface area contributed by atoms with Gasteiger partial charge in [-0.2, -0.15) is 13.2 Å². The number of halogens is 4. The summed E-state index contributed by atoms with van der Waals surface area (Å²) in [7, 11) is 0. The van der Waals surface area contributed by atoms with E-state index in [0.29, 0.717) is 18.0 Å². The van der Waals surface area contributed by atoms with Crippen LogP contribution >= 0.6 is 11.6 Å². The van der Waals surface area contributed by atoms with Gasteiger partial charge in [-0.1, -0.05) is 18.2 Å². The third-order valence-electron chi connectivity index (χ3n) is 3.03. The van der Waals surface area contributed by atoms with Gasteiger partial charge in [0.2, 0.25) is 0 Å². The van der Waals surface area contributed by atoms with E-state index in [1.54, 1.807) is 6.07 Å². The molecule has 0 aromatic heterocycles. The largest absolute Gasteiger partial charge is 0.416 e. The van der Waals surface area contributed by atoms with E-state index in [-0.39, 0.29) is 5.54 Å². The lowest BCUT2D eigenvalue weighted by Gasteiger charge is -2.14. The Morgan fingerprint density at radius 3 is 2.53 bits per heavy atom. The van der Waals surface area contributed by atoms with Crippen LogP contribution in [0.25, 0.3) is 0 Å². The first-order valence-corrected chi connectivity index (χ1v) is 5.96. The Hall–Kier alpha value is -0.740. The minimum Gasteiger partial charge on any atom is -0.306 e. The smallest absolute Gasteiger partial charge is 0.306 e. The van der Waals surface area contributed by atoms with Crippen LogP contribution in [0.4, 0.5) is 13.2 Å². The monoisotopic (exact) mass is 263 g/mol. The Labute approximate surface area is 103 Å². The maximum Gasteiger partial charge on any atom is 0.416 e. The Morgan fingerprint density at radius 2 is 2.00 bits per heavy atom. The molecule has 0 atom stereocenters. The molecule has 0 heterocycles. The average molecular weight is 264 g/mol. The highest BCUT2D eigenvalue weighted by atomic mass is 35.5. The summed E-state index contributed by atoms with van der Waals surface area (Å²) in [5.41, 5.74) is -0.0146. The van der Waals surface area contributed by atoms with Gasteiger partial charge >= 0.3 is 6.18 Å². The summed E-state index contributed by atoms with van der Waals surface area (Å²) < 4.78 is 37.4. The van der Waals surface area contributed by atoms with Gasteiger partial charge in [-0.15, -0.1) is 11.6 Å². The fourth-order valence-electron chi connectivity index (χ4n) is 1.66. The lowest BCUT2D eigenvalue weighted by atomic mass is 10.1. The van der Waals surface area contributed by atoms with Crippen molar-refractivity contribution in [2.24, 2.45) is 0 Å². The molecule has 0 radical (unpaired) electrons. The SMILES string of the molecule is FC(F)(F)c1cccc(CNC2(CCl)CC2)c1. The van der Waals surface area contributed by atoms with Crippen LogP contribution in [0, 0.1) is 0 Å². The molecule has 0 aliphatic heterocycles. The fraction of sp³-hybridized carbons (Fsp3) is 0.500. The Morgan fingerprint density at radius 1 is 1.29 bits per heavy atom. The molecule has 1 fully saturated rings. The molecule has 0 saturated heterocycles. The topological polar surface area (TPSA) is 12.0 Å². The van der Waals surface area contributed by atoms with Gasteiger partial charge in [0.15, 0.2) is 0 Å². The van der Waals surface area contributed by atoms with E-state index in [1.807, 2.05) is 0 Å². The van der Waals surface area contributed by atoms with Gasteiger partial charge in [-0.25, -0.2) is 0 Å². The molecule has 2 rings (SSSR count). The summed E-state index contributed by atoms with van der Waals surface area (Å²) in [6.07, 6.45) is -2.29. The summed E-state index contributed by atoms with van der Waals surface area (Å²) in [6.45, 7) is 0.427. The normalized spacial score (nSPS) is 18.1. The summed E-state index contributed by atoms with van der Waals surface area (Å²) >= 11 is 5.78. The molecule has 0 bridgehead atoms. The van der Waals surface area contributed by atoms with Crippen molar-refractivity contribution in [1.82, 2.24) is 5.32 Å². The first-order valence-electron chi connectivity index (χ1n) is 5.42. The molecule has 5 heteroatoms. The molecule has 1 nitrogen and oxygen atoms in total. The second-order valence-corrected chi connectivity index (χ2v) is 4.73. The second-order valence-electron chi connectivity index (χ2n) is 4.47. The first kappa shape index (κ1) is 12.7. The highest BCUT2D eigenvalue weighted by Crippen LogP contribution is 2.36. The van der Waals surface area contributed by atoms with Crippen molar-refractivity contribution >= 4 is 11.6 Å². The average Bonchev–Trinajstić information content (AvgIpc) is 3.06. The van der Waals surface area contributed by atoms with Crippen molar-refractivity contribution in [3.8, 4) is 0 Å². The van der Waals surface area contributed by atoms with Crippen LogP contribution in [0.5, 0.6) is 0 Å². The Kier molecular flexibility index (Phi) is 3.36. The standard InChI is InChI=1S/C12H13ClF3N/c13-8-11(4-5-11)17-7-9-2-1-3-10(6-9)12(14,15)16/h1-3,6,17H,4-5,7-8H2. The summed E-state index contributed by atoms with van der Waals surface area (Å²) in [5, 5.41) is 3.22. The van der Waals surface area contributed by atoms with Crippen molar-refractivity contribution in [3.05, 3.63) is 35.4 Å². The maximum atomic E-state index is 12.5. The lowest BCUT2D eigenvalue weighted by Crippen LogP contribution is -2.32. The van der Waals surface area contributed by atoms with Crippen LogP contribution < -0.4 is 5.32 Å². The predicted octanol–water partition coefficient (Wildman–Crippen LogP) is 3.57. The molecular weight excluding hydrogens is 251 g/mol. The zero-order chi connectivity index (χ0) is 12.5. The van der Waals surface area contributed by atoms with Crippen LogP contribution in [-0.4, -0.2) is 11.4 Å². The number of benzene rings is 1. The van der Waals surface area contributed by atoms with Crippen LogP contribution in [0.1, 0.15) is 24.0 Å². The number of hydrogen-bond donors (Lipinski definition) is 1. The minimum absolute atomic E-state index is 0.0458. The lowest BCUT2D eigenvalue weighted by molar-refractivity contribution is -0.137. The van der Waals surface area contributed by atoms with Crippen LogP contribution in [0.2, 0.25) is 0 Å². The van der Waals surface area contributed by atoms with Crippen LogP contribution in [-0.2, 0) is 12.7 Å². The Bertz CT molecular complexity index is 399. The summed E-state index contributed by atoms with van der Waals surface area (Å²) in [6, 6.07) is 5.38. The molecule has 0 spiro atoms. The third-order valence-corrected chi connectivity index (χ3v) is 3.54. The minimum atomic E-state index is -4.28. The molecule has 17 heavy (non-hydrogen) atoms.